The van der Waals surface area contributed by atoms with E-state index in [9.17, 15) is 9.90 Å². The van der Waals surface area contributed by atoms with Crippen molar-refractivity contribution < 1.29 is 9.90 Å². The van der Waals surface area contributed by atoms with Gasteiger partial charge in [-0.2, -0.15) is 0 Å². The maximum atomic E-state index is 12.6. The molecular weight excluding hydrogens is 350 g/mol. The number of carbonyl (C=O) groups excluding carboxylic acids is 1. The van der Waals surface area contributed by atoms with Gasteiger partial charge < -0.3 is 14.9 Å². The van der Waals surface area contributed by atoms with Crippen molar-refractivity contribution in [1.29, 1.82) is 0 Å². The number of hydrogen-bond donors (Lipinski definition) is 1. The first-order valence-electron chi connectivity index (χ1n) is 9.84. The largest absolute Gasteiger partial charge is 0.390 e. The molecule has 0 bridgehead atoms. The van der Waals surface area contributed by atoms with Gasteiger partial charge in [-0.15, -0.1) is 0 Å². The van der Waals surface area contributed by atoms with Crippen LogP contribution in [-0.2, 0) is 10.2 Å². The van der Waals surface area contributed by atoms with E-state index in [1.54, 1.807) is 18.5 Å². The first-order valence-corrected chi connectivity index (χ1v) is 9.84. The van der Waals surface area contributed by atoms with E-state index in [1.807, 2.05) is 43.3 Å². The van der Waals surface area contributed by atoms with Crippen molar-refractivity contribution >= 4 is 12.0 Å². The zero-order valence-electron chi connectivity index (χ0n) is 16.5. The SMILES string of the molecule is CN(C)[C@@H]1c2ccccc2C2(CCN(C(=O)/C=C/c3ccncc3)CC2)[C@H]1O. The highest BCUT2D eigenvalue weighted by Crippen LogP contribution is 2.52. The minimum Gasteiger partial charge on any atom is -0.390 e. The summed E-state index contributed by atoms with van der Waals surface area (Å²) >= 11 is 0. The van der Waals surface area contributed by atoms with E-state index in [1.165, 1.54) is 11.1 Å². The molecule has 4 rings (SSSR count). The lowest BCUT2D eigenvalue weighted by atomic mass is 9.72. The van der Waals surface area contributed by atoms with Crippen LogP contribution >= 0.6 is 0 Å². The van der Waals surface area contributed by atoms with Crippen LogP contribution in [0.1, 0.15) is 35.6 Å². The van der Waals surface area contributed by atoms with Crippen molar-refractivity contribution in [3.05, 3.63) is 71.6 Å². The van der Waals surface area contributed by atoms with Gasteiger partial charge in [0.25, 0.3) is 0 Å². The Morgan fingerprint density at radius 1 is 1.18 bits per heavy atom. The Balaban J connectivity index is 1.50. The molecule has 5 nitrogen and oxygen atoms in total. The third kappa shape index (κ3) is 3.15. The van der Waals surface area contributed by atoms with Gasteiger partial charge in [0.15, 0.2) is 0 Å². The van der Waals surface area contributed by atoms with Crippen molar-refractivity contribution in [2.24, 2.45) is 0 Å². The van der Waals surface area contributed by atoms with Crippen molar-refractivity contribution in [2.45, 2.75) is 30.4 Å². The fraction of sp³-hybridized carbons (Fsp3) is 0.391. The number of aromatic nitrogens is 1. The van der Waals surface area contributed by atoms with Gasteiger partial charge in [0.05, 0.1) is 12.1 Å². The highest BCUT2D eigenvalue weighted by atomic mass is 16.3. The zero-order chi connectivity index (χ0) is 19.7. The molecule has 1 spiro atoms. The van der Waals surface area contributed by atoms with Gasteiger partial charge in [0, 0.05) is 37.0 Å². The predicted octanol–water partition coefficient (Wildman–Crippen LogP) is 2.63. The van der Waals surface area contributed by atoms with Gasteiger partial charge in [-0.25, -0.2) is 0 Å². The summed E-state index contributed by atoms with van der Waals surface area (Å²) in [5.41, 5.74) is 3.17. The molecule has 1 saturated heterocycles. The number of likely N-dealkylation sites (tertiary alicyclic amines) is 1. The Morgan fingerprint density at radius 2 is 1.86 bits per heavy atom. The second-order valence-corrected chi connectivity index (χ2v) is 8.04. The molecule has 1 aromatic carbocycles. The normalized spacial score (nSPS) is 23.5. The highest BCUT2D eigenvalue weighted by molar-refractivity contribution is 5.91. The fourth-order valence-electron chi connectivity index (χ4n) is 4.84. The number of amides is 1. The van der Waals surface area contributed by atoms with E-state index in [2.05, 4.69) is 28.1 Å². The lowest BCUT2D eigenvalue weighted by Gasteiger charge is -2.43. The van der Waals surface area contributed by atoms with Crippen LogP contribution in [0.3, 0.4) is 0 Å². The second-order valence-electron chi connectivity index (χ2n) is 8.04. The summed E-state index contributed by atoms with van der Waals surface area (Å²) in [4.78, 5) is 20.6. The van der Waals surface area contributed by atoms with Gasteiger partial charge in [0.1, 0.15) is 0 Å². The number of fused-ring (bicyclic) bond motifs is 2. The van der Waals surface area contributed by atoms with E-state index in [-0.39, 0.29) is 17.4 Å². The molecule has 2 aliphatic rings. The Morgan fingerprint density at radius 3 is 2.54 bits per heavy atom. The smallest absolute Gasteiger partial charge is 0.246 e. The molecule has 146 valence electrons. The van der Waals surface area contributed by atoms with Gasteiger partial charge in [0.2, 0.25) is 5.91 Å². The third-order valence-electron chi connectivity index (χ3n) is 6.33. The van der Waals surface area contributed by atoms with E-state index < -0.39 is 6.10 Å². The first kappa shape index (κ1) is 18.8. The van der Waals surface area contributed by atoms with Gasteiger partial charge in [-0.3, -0.25) is 9.78 Å². The van der Waals surface area contributed by atoms with Crippen molar-refractivity contribution in [3.63, 3.8) is 0 Å². The lowest BCUT2D eigenvalue weighted by molar-refractivity contribution is -0.128. The molecule has 0 saturated carbocycles. The number of aliphatic hydroxyl groups is 1. The third-order valence-corrected chi connectivity index (χ3v) is 6.33. The van der Waals surface area contributed by atoms with Gasteiger partial charge in [-0.05, 0) is 61.8 Å². The quantitative estimate of drug-likeness (QED) is 0.836. The van der Waals surface area contributed by atoms with Crippen LogP contribution in [0.2, 0.25) is 0 Å². The molecular formula is C23H27N3O2. The minimum absolute atomic E-state index is 0.00466. The monoisotopic (exact) mass is 377 g/mol. The van der Waals surface area contributed by atoms with Crippen LogP contribution in [-0.4, -0.2) is 59.1 Å². The first-order chi connectivity index (χ1) is 13.5. The molecule has 1 aliphatic heterocycles. The Labute approximate surface area is 166 Å². The molecule has 5 heteroatoms. The van der Waals surface area contributed by atoms with Crippen molar-refractivity contribution in [1.82, 2.24) is 14.8 Å². The Kier molecular flexibility index (Phi) is 5.04. The molecule has 2 atom stereocenters. The standard InChI is InChI=1S/C23H27N3O2/c1-25(2)21-18-5-3-4-6-19(18)23(22(21)28)11-15-26(16-12-23)20(27)8-7-17-9-13-24-14-10-17/h3-10,13-14,21-22,28H,11-12,15-16H2,1-2H3/b8-7+/t21-,22+/m1/s1. The summed E-state index contributed by atoms with van der Waals surface area (Å²) in [5.74, 6) is 0.0246. The topological polar surface area (TPSA) is 56.7 Å². The van der Waals surface area contributed by atoms with Gasteiger partial charge in [-0.1, -0.05) is 24.3 Å². The van der Waals surface area contributed by atoms with Crippen LogP contribution in [0.25, 0.3) is 6.08 Å². The second kappa shape index (κ2) is 7.49. The van der Waals surface area contributed by atoms with Crippen LogP contribution in [0.5, 0.6) is 0 Å². The zero-order valence-corrected chi connectivity index (χ0v) is 16.5. The molecule has 0 radical (unpaired) electrons. The Bertz CT molecular complexity index is 870. The molecule has 1 fully saturated rings. The molecule has 1 aliphatic carbocycles. The number of rotatable bonds is 3. The number of hydrogen-bond acceptors (Lipinski definition) is 4. The molecule has 28 heavy (non-hydrogen) atoms. The molecule has 2 aromatic rings. The molecule has 1 N–H and O–H groups in total. The van der Waals surface area contributed by atoms with E-state index in [0.717, 1.165) is 18.4 Å². The summed E-state index contributed by atoms with van der Waals surface area (Å²) in [6.07, 6.45) is 8.01. The number of nitrogens with zero attached hydrogens (tertiary/aromatic N) is 3. The van der Waals surface area contributed by atoms with E-state index >= 15 is 0 Å². The number of likely N-dealkylation sites (N-methyl/N-ethyl adjacent to an activating group) is 1. The summed E-state index contributed by atoms with van der Waals surface area (Å²) < 4.78 is 0. The molecule has 1 amide bonds. The lowest BCUT2D eigenvalue weighted by Crippen LogP contribution is -2.50. The van der Waals surface area contributed by atoms with E-state index in [4.69, 9.17) is 0 Å². The van der Waals surface area contributed by atoms with Crippen LogP contribution in [0.15, 0.2) is 54.9 Å². The average Bonchev–Trinajstić information content (AvgIpc) is 2.96. The highest BCUT2D eigenvalue weighted by Gasteiger charge is 2.53. The summed E-state index contributed by atoms with van der Waals surface area (Å²) in [6.45, 7) is 1.32. The van der Waals surface area contributed by atoms with Crippen LogP contribution in [0, 0.1) is 0 Å². The van der Waals surface area contributed by atoms with Crippen LogP contribution < -0.4 is 0 Å². The molecule has 0 unspecified atom stereocenters. The van der Waals surface area contributed by atoms with E-state index in [0.29, 0.717) is 13.1 Å². The number of carbonyl (C=O) groups is 1. The fourth-order valence-corrected chi connectivity index (χ4v) is 4.84. The maximum absolute atomic E-state index is 12.6. The predicted molar refractivity (Wildman–Crippen MR) is 110 cm³/mol. The average molecular weight is 377 g/mol. The van der Waals surface area contributed by atoms with Crippen molar-refractivity contribution in [2.75, 3.05) is 27.2 Å². The molecule has 1 aromatic heterocycles. The maximum Gasteiger partial charge on any atom is 0.246 e. The van der Waals surface area contributed by atoms with Crippen LogP contribution in [0.4, 0.5) is 0 Å². The van der Waals surface area contributed by atoms with Gasteiger partial charge >= 0.3 is 0 Å². The summed E-state index contributed by atoms with van der Waals surface area (Å²) in [7, 11) is 4.04. The summed E-state index contributed by atoms with van der Waals surface area (Å²) in [5, 5.41) is 11.3. The number of benzene rings is 1. The number of piperidine rings is 1. The Hall–Kier alpha value is -2.50. The summed E-state index contributed by atoms with van der Waals surface area (Å²) in [6, 6.07) is 12.1. The number of pyridine rings is 1. The minimum atomic E-state index is -0.454. The van der Waals surface area contributed by atoms with Crippen molar-refractivity contribution in [3.8, 4) is 0 Å². The number of aliphatic hydroxyl groups excluding tert-OH is 1. The molecule has 2 heterocycles.